The number of hydrogen-bond acceptors (Lipinski definition) is 3. The van der Waals surface area contributed by atoms with Gasteiger partial charge in [0.2, 0.25) is 5.91 Å². The van der Waals surface area contributed by atoms with Crippen LogP contribution in [0.25, 0.3) is 0 Å². The van der Waals surface area contributed by atoms with Gasteiger partial charge in [-0.15, -0.1) is 12.4 Å². The topological polar surface area (TPSA) is 50.4 Å². The molecule has 128 valence electrons. The summed E-state index contributed by atoms with van der Waals surface area (Å²) in [7, 11) is 0. The molecule has 1 aliphatic heterocycles. The number of hydrogen-bond donors (Lipinski definition) is 2. The predicted octanol–water partition coefficient (Wildman–Crippen LogP) is 4.15. The first-order chi connectivity index (χ1) is 11.2. The van der Waals surface area contributed by atoms with E-state index in [1.165, 1.54) is 5.56 Å². The van der Waals surface area contributed by atoms with E-state index >= 15 is 0 Å². The SMILES string of the molecule is Cc1ccc(Oc2ccc(NC(=O)CC3CCNC3)cc2)cc1.Cl. The molecule has 0 radical (unpaired) electrons. The van der Waals surface area contributed by atoms with Gasteiger partial charge in [0, 0.05) is 12.1 Å². The fourth-order valence-corrected chi connectivity index (χ4v) is 2.71. The number of nitrogens with one attached hydrogen (secondary N) is 2. The molecule has 1 atom stereocenters. The molecular formula is C19H23ClN2O2. The van der Waals surface area contributed by atoms with E-state index in [-0.39, 0.29) is 18.3 Å². The summed E-state index contributed by atoms with van der Waals surface area (Å²) in [5, 5.41) is 6.22. The first kappa shape index (κ1) is 18.3. The van der Waals surface area contributed by atoms with Gasteiger partial charge in [-0.1, -0.05) is 17.7 Å². The van der Waals surface area contributed by atoms with Gasteiger partial charge < -0.3 is 15.4 Å². The van der Waals surface area contributed by atoms with Crippen LogP contribution in [0, 0.1) is 12.8 Å². The summed E-state index contributed by atoms with van der Waals surface area (Å²) in [6.45, 7) is 4.00. The molecule has 1 unspecified atom stereocenters. The molecular weight excluding hydrogens is 324 g/mol. The molecule has 5 heteroatoms. The van der Waals surface area contributed by atoms with Gasteiger partial charge in [-0.25, -0.2) is 0 Å². The molecule has 1 amide bonds. The molecule has 1 saturated heterocycles. The monoisotopic (exact) mass is 346 g/mol. The molecule has 0 aromatic heterocycles. The van der Waals surface area contributed by atoms with Gasteiger partial charge in [0.1, 0.15) is 11.5 Å². The molecule has 1 aliphatic rings. The lowest BCUT2D eigenvalue weighted by Crippen LogP contribution is -2.18. The molecule has 24 heavy (non-hydrogen) atoms. The Balaban J connectivity index is 0.00000208. The van der Waals surface area contributed by atoms with Crippen LogP contribution in [-0.2, 0) is 4.79 Å². The van der Waals surface area contributed by atoms with Gasteiger partial charge in [-0.2, -0.15) is 0 Å². The maximum Gasteiger partial charge on any atom is 0.224 e. The van der Waals surface area contributed by atoms with Crippen LogP contribution in [0.3, 0.4) is 0 Å². The minimum Gasteiger partial charge on any atom is -0.457 e. The Labute approximate surface area is 149 Å². The lowest BCUT2D eigenvalue weighted by molar-refractivity contribution is -0.116. The molecule has 0 saturated carbocycles. The highest BCUT2D eigenvalue weighted by Gasteiger charge is 2.17. The summed E-state index contributed by atoms with van der Waals surface area (Å²) in [5.74, 6) is 2.10. The Kier molecular flexibility index (Phi) is 6.64. The largest absolute Gasteiger partial charge is 0.457 e. The van der Waals surface area contributed by atoms with Gasteiger partial charge >= 0.3 is 0 Å². The zero-order valence-corrected chi connectivity index (χ0v) is 14.6. The lowest BCUT2D eigenvalue weighted by Gasteiger charge is -2.10. The average molecular weight is 347 g/mol. The number of anilines is 1. The van der Waals surface area contributed by atoms with Crippen molar-refractivity contribution in [1.82, 2.24) is 5.32 Å². The Morgan fingerprint density at radius 2 is 1.75 bits per heavy atom. The Bertz CT molecular complexity index is 650. The number of ether oxygens (including phenoxy) is 1. The minimum atomic E-state index is 0. The summed E-state index contributed by atoms with van der Waals surface area (Å²) < 4.78 is 5.78. The number of rotatable bonds is 5. The summed E-state index contributed by atoms with van der Waals surface area (Å²) in [4.78, 5) is 12.0. The van der Waals surface area contributed by atoms with E-state index in [4.69, 9.17) is 4.74 Å². The van der Waals surface area contributed by atoms with E-state index in [2.05, 4.69) is 10.6 Å². The first-order valence-corrected chi connectivity index (χ1v) is 8.04. The Morgan fingerprint density at radius 3 is 2.33 bits per heavy atom. The van der Waals surface area contributed by atoms with Crippen LogP contribution in [0.1, 0.15) is 18.4 Å². The third kappa shape index (κ3) is 5.25. The van der Waals surface area contributed by atoms with Crippen molar-refractivity contribution in [2.45, 2.75) is 19.8 Å². The fraction of sp³-hybridized carbons (Fsp3) is 0.316. The minimum absolute atomic E-state index is 0. The number of aryl methyl sites for hydroxylation is 1. The molecule has 1 heterocycles. The highest BCUT2D eigenvalue weighted by molar-refractivity contribution is 5.90. The molecule has 4 nitrogen and oxygen atoms in total. The maximum atomic E-state index is 12.0. The number of carbonyl (C=O) groups excluding carboxylic acids is 1. The number of carbonyl (C=O) groups is 1. The van der Waals surface area contributed by atoms with Gasteiger partial charge in [0.15, 0.2) is 0 Å². The zero-order chi connectivity index (χ0) is 16.1. The van der Waals surface area contributed by atoms with Gasteiger partial charge in [-0.05, 0) is 68.8 Å². The van der Waals surface area contributed by atoms with Crippen LogP contribution in [0.15, 0.2) is 48.5 Å². The second-order valence-electron chi connectivity index (χ2n) is 6.05. The van der Waals surface area contributed by atoms with Crippen LogP contribution in [0.4, 0.5) is 5.69 Å². The highest BCUT2D eigenvalue weighted by Crippen LogP contribution is 2.23. The summed E-state index contributed by atoms with van der Waals surface area (Å²) in [5.41, 5.74) is 2.00. The van der Waals surface area contributed by atoms with Crippen LogP contribution in [0.2, 0.25) is 0 Å². The smallest absolute Gasteiger partial charge is 0.224 e. The fourth-order valence-electron chi connectivity index (χ4n) is 2.71. The standard InChI is InChI=1S/C19H22N2O2.ClH/c1-14-2-6-17(7-3-14)23-18-8-4-16(5-9-18)21-19(22)12-15-10-11-20-13-15;/h2-9,15,20H,10-13H2,1H3,(H,21,22);1H. The zero-order valence-electron chi connectivity index (χ0n) is 13.7. The van der Waals surface area contributed by atoms with Gasteiger partial charge in [0.25, 0.3) is 0 Å². The highest BCUT2D eigenvalue weighted by atomic mass is 35.5. The van der Waals surface area contributed by atoms with Crippen molar-refractivity contribution in [2.24, 2.45) is 5.92 Å². The molecule has 0 spiro atoms. The van der Waals surface area contributed by atoms with Crippen LogP contribution in [-0.4, -0.2) is 19.0 Å². The number of amides is 1. The lowest BCUT2D eigenvalue weighted by atomic mass is 10.0. The van der Waals surface area contributed by atoms with E-state index in [0.29, 0.717) is 12.3 Å². The quantitative estimate of drug-likeness (QED) is 0.855. The second-order valence-corrected chi connectivity index (χ2v) is 6.05. The average Bonchev–Trinajstić information content (AvgIpc) is 3.04. The van der Waals surface area contributed by atoms with E-state index in [1.807, 2.05) is 55.5 Å². The van der Waals surface area contributed by atoms with E-state index in [1.54, 1.807) is 0 Å². The van der Waals surface area contributed by atoms with Crippen molar-refractivity contribution in [1.29, 1.82) is 0 Å². The number of halogens is 1. The summed E-state index contributed by atoms with van der Waals surface area (Å²) >= 11 is 0. The molecule has 2 aromatic carbocycles. The van der Waals surface area contributed by atoms with Gasteiger partial charge in [0.05, 0.1) is 0 Å². The summed E-state index contributed by atoms with van der Waals surface area (Å²) in [6.07, 6.45) is 1.66. The molecule has 3 rings (SSSR count). The third-order valence-electron chi connectivity index (χ3n) is 4.03. The van der Waals surface area contributed by atoms with Crippen LogP contribution >= 0.6 is 12.4 Å². The maximum absolute atomic E-state index is 12.0. The van der Waals surface area contributed by atoms with E-state index < -0.39 is 0 Å². The molecule has 2 N–H and O–H groups in total. The third-order valence-corrected chi connectivity index (χ3v) is 4.03. The van der Waals surface area contributed by atoms with Crippen molar-refractivity contribution in [3.05, 3.63) is 54.1 Å². The van der Waals surface area contributed by atoms with Gasteiger partial charge in [-0.3, -0.25) is 4.79 Å². The second kappa shape index (κ2) is 8.71. The summed E-state index contributed by atoms with van der Waals surface area (Å²) in [6, 6.07) is 15.4. The van der Waals surface area contributed by atoms with Crippen molar-refractivity contribution < 1.29 is 9.53 Å². The van der Waals surface area contributed by atoms with Crippen molar-refractivity contribution >= 4 is 24.0 Å². The number of benzene rings is 2. The Hall–Kier alpha value is -2.04. The van der Waals surface area contributed by atoms with Crippen molar-refractivity contribution in [2.75, 3.05) is 18.4 Å². The normalized spacial score (nSPS) is 16.3. The van der Waals surface area contributed by atoms with E-state index in [9.17, 15) is 4.79 Å². The first-order valence-electron chi connectivity index (χ1n) is 8.04. The van der Waals surface area contributed by atoms with Crippen molar-refractivity contribution in [3.63, 3.8) is 0 Å². The Morgan fingerprint density at radius 1 is 1.12 bits per heavy atom. The van der Waals surface area contributed by atoms with E-state index in [0.717, 1.165) is 36.7 Å². The molecule has 0 aliphatic carbocycles. The van der Waals surface area contributed by atoms with Crippen molar-refractivity contribution in [3.8, 4) is 11.5 Å². The van der Waals surface area contributed by atoms with Crippen LogP contribution < -0.4 is 15.4 Å². The molecule has 2 aromatic rings. The van der Waals surface area contributed by atoms with Crippen LogP contribution in [0.5, 0.6) is 11.5 Å². The molecule has 0 bridgehead atoms. The predicted molar refractivity (Wildman–Crippen MR) is 99.2 cm³/mol. The molecule has 1 fully saturated rings.